The highest BCUT2D eigenvalue weighted by Crippen LogP contribution is 2.39. The molecule has 0 heterocycles. The number of anilines is 1. The highest BCUT2D eigenvalue weighted by molar-refractivity contribution is 7.89. The van der Waals surface area contributed by atoms with Crippen molar-refractivity contribution >= 4 is 27.4 Å². The average molecular weight is 436 g/mol. The highest BCUT2D eigenvalue weighted by atomic mass is 32.2. The van der Waals surface area contributed by atoms with Crippen molar-refractivity contribution in [3.05, 3.63) is 42.0 Å². The van der Waals surface area contributed by atoms with Gasteiger partial charge in [-0.15, -0.1) is 0 Å². The van der Waals surface area contributed by atoms with Gasteiger partial charge in [0.05, 0.1) is 32.3 Å². The van der Waals surface area contributed by atoms with E-state index in [1.165, 1.54) is 71.6 Å². The number of nitrogens with one attached hydrogen (secondary N) is 2. The van der Waals surface area contributed by atoms with Crippen LogP contribution in [0.25, 0.3) is 0 Å². The van der Waals surface area contributed by atoms with Gasteiger partial charge in [0.15, 0.2) is 17.3 Å². The molecular weight excluding hydrogens is 412 g/mol. The molecule has 2 aromatic rings. The van der Waals surface area contributed by atoms with E-state index >= 15 is 0 Å². The summed E-state index contributed by atoms with van der Waals surface area (Å²) in [5.41, 5.74) is 0.730. The van der Waals surface area contributed by atoms with Crippen LogP contribution in [0, 0.1) is 0 Å². The molecule has 0 aliphatic rings. The maximum absolute atomic E-state index is 12.5. The zero-order valence-electron chi connectivity index (χ0n) is 17.3. The van der Waals surface area contributed by atoms with Crippen LogP contribution in [0.1, 0.15) is 24.2 Å². The minimum absolute atomic E-state index is 0.0556. The average Bonchev–Trinajstić information content (AvgIpc) is 2.72. The van der Waals surface area contributed by atoms with E-state index in [4.69, 9.17) is 14.2 Å². The van der Waals surface area contributed by atoms with Gasteiger partial charge in [-0.3, -0.25) is 9.59 Å². The largest absolute Gasteiger partial charge is 0.493 e. The van der Waals surface area contributed by atoms with Crippen LogP contribution in [-0.4, -0.2) is 47.5 Å². The van der Waals surface area contributed by atoms with E-state index in [-0.39, 0.29) is 10.7 Å². The lowest BCUT2D eigenvalue weighted by atomic mass is 10.2. The molecule has 162 valence electrons. The number of benzene rings is 2. The SMILES string of the molecule is COc1cc(NC(=O)[C@@H](C)NS(=O)(=O)c2ccc(C(C)=O)cc2)cc(OC)c1OC. The Bertz CT molecular complexity index is 1010. The molecule has 0 unspecified atom stereocenters. The molecule has 0 saturated heterocycles. The third-order valence-corrected chi connectivity index (χ3v) is 5.79. The molecule has 2 aromatic carbocycles. The maximum Gasteiger partial charge on any atom is 0.242 e. The Hall–Kier alpha value is -3.11. The maximum atomic E-state index is 12.5. The molecule has 0 radical (unpaired) electrons. The number of sulfonamides is 1. The number of Topliss-reactive ketones (excluding diaryl/α,β-unsaturated/α-hetero) is 1. The lowest BCUT2D eigenvalue weighted by molar-refractivity contribution is -0.117. The van der Waals surface area contributed by atoms with Gasteiger partial charge in [-0.25, -0.2) is 8.42 Å². The first-order valence-corrected chi connectivity index (χ1v) is 10.4. The van der Waals surface area contributed by atoms with Crippen LogP contribution >= 0.6 is 0 Å². The topological polar surface area (TPSA) is 120 Å². The number of hydrogen-bond donors (Lipinski definition) is 2. The van der Waals surface area contributed by atoms with Crippen molar-refractivity contribution in [2.24, 2.45) is 0 Å². The van der Waals surface area contributed by atoms with Gasteiger partial charge in [0.2, 0.25) is 21.7 Å². The number of ether oxygens (including phenoxy) is 3. The molecule has 0 aromatic heterocycles. The van der Waals surface area contributed by atoms with E-state index in [2.05, 4.69) is 10.0 Å². The molecule has 30 heavy (non-hydrogen) atoms. The minimum Gasteiger partial charge on any atom is -0.493 e. The number of hydrogen-bond acceptors (Lipinski definition) is 7. The zero-order valence-corrected chi connectivity index (χ0v) is 18.1. The van der Waals surface area contributed by atoms with E-state index in [0.29, 0.717) is 28.5 Å². The Kier molecular flexibility index (Phi) is 7.41. The molecule has 0 fully saturated rings. The van der Waals surface area contributed by atoms with Crippen molar-refractivity contribution < 1.29 is 32.2 Å². The number of carbonyl (C=O) groups is 2. The number of carbonyl (C=O) groups excluding carboxylic acids is 2. The zero-order chi connectivity index (χ0) is 22.5. The van der Waals surface area contributed by atoms with Gasteiger partial charge in [-0.1, -0.05) is 12.1 Å². The van der Waals surface area contributed by atoms with Crippen molar-refractivity contribution in [1.82, 2.24) is 4.72 Å². The minimum atomic E-state index is -3.97. The van der Waals surface area contributed by atoms with Crippen molar-refractivity contribution in [1.29, 1.82) is 0 Å². The first-order chi connectivity index (χ1) is 14.1. The molecule has 0 aliphatic carbocycles. The Morgan fingerprint density at radius 2 is 1.47 bits per heavy atom. The Morgan fingerprint density at radius 1 is 0.933 bits per heavy atom. The first kappa shape index (κ1) is 23.2. The standard InChI is InChI=1S/C20H24N2O7S/c1-12(22-30(25,26)16-8-6-14(7-9-16)13(2)23)20(24)21-15-10-17(27-3)19(29-5)18(11-15)28-4/h6-12,22H,1-5H3,(H,21,24)/t12-/m1/s1. The van der Waals surface area contributed by atoms with E-state index in [1.807, 2.05) is 0 Å². The van der Waals surface area contributed by atoms with E-state index < -0.39 is 22.0 Å². The molecule has 0 bridgehead atoms. The van der Waals surface area contributed by atoms with Crippen LogP contribution in [0.15, 0.2) is 41.3 Å². The van der Waals surface area contributed by atoms with E-state index in [9.17, 15) is 18.0 Å². The van der Waals surface area contributed by atoms with Crippen molar-refractivity contribution in [3.63, 3.8) is 0 Å². The molecule has 2 rings (SSSR count). The summed E-state index contributed by atoms with van der Waals surface area (Å²) in [6.45, 7) is 2.80. The third kappa shape index (κ3) is 5.28. The third-order valence-electron chi connectivity index (χ3n) is 4.23. The number of ketones is 1. The summed E-state index contributed by atoms with van der Waals surface area (Å²) in [4.78, 5) is 23.8. The van der Waals surface area contributed by atoms with Crippen molar-refractivity contribution in [2.75, 3.05) is 26.6 Å². The highest BCUT2D eigenvalue weighted by Gasteiger charge is 2.23. The monoisotopic (exact) mass is 436 g/mol. The number of methoxy groups -OCH3 is 3. The van der Waals surface area contributed by atoms with Gasteiger partial charge in [-0.2, -0.15) is 4.72 Å². The number of amides is 1. The second-order valence-corrected chi connectivity index (χ2v) is 8.04. The first-order valence-electron chi connectivity index (χ1n) is 8.87. The van der Waals surface area contributed by atoms with E-state index in [1.54, 1.807) is 0 Å². The van der Waals surface area contributed by atoms with Crippen LogP contribution in [0.2, 0.25) is 0 Å². The Balaban J connectivity index is 2.17. The van der Waals surface area contributed by atoms with Crippen LogP contribution in [0.3, 0.4) is 0 Å². The molecule has 10 heteroatoms. The van der Waals surface area contributed by atoms with Crippen LogP contribution < -0.4 is 24.2 Å². The van der Waals surface area contributed by atoms with Crippen molar-refractivity contribution in [3.8, 4) is 17.2 Å². The fourth-order valence-electron chi connectivity index (χ4n) is 2.63. The Labute approximate surface area is 175 Å². The second kappa shape index (κ2) is 9.59. The summed E-state index contributed by atoms with van der Waals surface area (Å²) in [7, 11) is 0.373. The van der Waals surface area contributed by atoms with Gasteiger partial charge in [0, 0.05) is 23.4 Å². The molecule has 2 N–H and O–H groups in total. The molecule has 0 saturated carbocycles. The summed E-state index contributed by atoms with van der Waals surface area (Å²) in [5, 5.41) is 2.61. The summed E-state index contributed by atoms with van der Waals surface area (Å²) in [6.07, 6.45) is 0. The van der Waals surface area contributed by atoms with Crippen molar-refractivity contribution in [2.45, 2.75) is 24.8 Å². The quantitative estimate of drug-likeness (QED) is 0.578. The van der Waals surface area contributed by atoms with Gasteiger partial charge >= 0.3 is 0 Å². The lowest BCUT2D eigenvalue weighted by Crippen LogP contribution is -2.41. The fourth-order valence-corrected chi connectivity index (χ4v) is 3.83. The summed E-state index contributed by atoms with van der Waals surface area (Å²) < 4.78 is 43.1. The van der Waals surface area contributed by atoms with E-state index in [0.717, 1.165) is 0 Å². The predicted octanol–water partition coefficient (Wildman–Crippen LogP) is 2.22. The van der Waals surface area contributed by atoms with Gasteiger partial charge in [-0.05, 0) is 26.0 Å². The molecule has 0 spiro atoms. The summed E-state index contributed by atoms with van der Waals surface area (Å²) >= 11 is 0. The molecule has 9 nitrogen and oxygen atoms in total. The molecule has 1 atom stereocenters. The second-order valence-electron chi connectivity index (χ2n) is 6.33. The van der Waals surface area contributed by atoms with Gasteiger partial charge in [0.1, 0.15) is 0 Å². The summed E-state index contributed by atoms with van der Waals surface area (Å²) in [5.74, 6) is 0.274. The predicted molar refractivity (Wildman–Crippen MR) is 111 cm³/mol. The fraction of sp³-hybridized carbons (Fsp3) is 0.300. The smallest absolute Gasteiger partial charge is 0.242 e. The van der Waals surface area contributed by atoms with Gasteiger partial charge < -0.3 is 19.5 Å². The summed E-state index contributed by atoms with van der Waals surface area (Å²) in [6, 6.07) is 7.42. The Morgan fingerprint density at radius 3 is 1.90 bits per heavy atom. The van der Waals surface area contributed by atoms with Crippen LogP contribution in [0.4, 0.5) is 5.69 Å². The lowest BCUT2D eigenvalue weighted by Gasteiger charge is -2.17. The normalized spacial score (nSPS) is 12.0. The molecule has 1 amide bonds. The molecular formula is C20H24N2O7S. The van der Waals surface area contributed by atoms with Gasteiger partial charge in [0.25, 0.3) is 0 Å². The number of rotatable bonds is 9. The van der Waals surface area contributed by atoms with Crippen LogP contribution in [0.5, 0.6) is 17.2 Å². The molecule has 0 aliphatic heterocycles. The van der Waals surface area contributed by atoms with Crippen LogP contribution in [-0.2, 0) is 14.8 Å².